The lowest BCUT2D eigenvalue weighted by atomic mass is 10.2. The van der Waals surface area contributed by atoms with E-state index in [1.165, 1.54) is 6.07 Å². The summed E-state index contributed by atoms with van der Waals surface area (Å²) in [6.45, 7) is 4.32. The Labute approximate surface area is 89.7 Å². The highest BCUT2D eigenvalue weighted by Crippen LogP contribution is 2.09. The van der Waals surface area contributed by atoms with Crippen LogP contribution in [0.5, 0.6) is 5.75 Å². The highest BCUT2D eigenvalue weighted by Gasteiger charge is 2.03. The van der Waals surface area contributed by atoms with E-state index in [-0.39, 0.29) is 11.6 Å². The van der Waals surface area contributed by atoms with E-state index < -0.39 is 0 Å². The van der Waals surface area contributed by atoms with Crippen LogP contribution in [0.3, 0.4) is 0 Å². The normalized spacial score (nSPS) is 12.5. The lowest BCUT2D eigenvalue weighted by Crippen LogP contribution is -2.27. The molecule has 0 aliphatic heterocycles. The molecule has 0 amide bonds. The molecule has 0 aliphatic carbocycles. The van der Waals surface area contributed by atoms with Crippen LogP contribution in [0, 0.1) is 6.92 Å². The Morgan fingerprint density at radius 1 is 1.53 bits per heavy atom. The first-order chi connectivity index (χ1) is 7.04. The first-order valence-electron chi connectivity index (χ1n) is 5.10. The van der Waals surface area contributed by atoms with Gasteiger partial charge in [-0.25, -0.2) is 0 Å². The molecule has 0 fully saturated rings. The molecule has 0 saturated carbocycles. The van der Waals surface area contributed by atoms with Crippen LogP contribution in [0.1, 0.15) is 19.0 Å². The number of rotatable bonds is 4. The van der Waals surface area contributed by atoms with E-state index in [0.29, 0.717) is 12.4 Å². The molecule has 0 aromatic carbocycles. The van der Waals surface area contributed by atoms with Crippen LogP contribution >= 0.6 is 0 Å². The second-order valence-electron chi connectivity index (χ2n) is 3.71. The number of ether oxygens (including phenoxy) is 1. The van der Waals surface area contributed by atoms with Gasteiger partial charge in [0.15, 0.2) is 0 Å². The predicted octanol–water partition coefficient (Wildman–Crippen LogP) is 0.810. The third-order valence-electron chi connectivity index (χ3n) is 2.46. The summed E-state index contributed by atoms with van der Waals surface area (Å²) in [6, 6.07) is 3.34. The summed E-state index contributed by atoms with van der Waals surface area (Å²) >= 11 is 0. The molecule has 0 bridgehead atoms. The fourth-order valence-electron chi connectivity index (χ4n) is 1.14. The van der Waals surface area contributed by atoms with Crippen LogP contribution in [-0.4, -0.2) is 17.2 Å². The monoisotopic (exact) mass is 210 g/mol. The largest absolute Gasteiger partial charge is 0.492 e. The van der Waals surface area contributed by atoms with Gasteiger partial charge in [0.1, 0.15) is 12.4 Å². The fraction of sp³-hybridized carbons (Fsp3) is 0.545. The molecule has 0 radical (unpaired) electrons. The molecule has 1 rings (SSSR count). The zero-order chi connectivity index (χ0) is 11.4. The molecule has 0 aliphatic rings. The van der Waals surface area contributed by atoms with Crippen molar-refractivity contribution in [3.05, 3.63) is 28.2 Å². The van der Waals surface area contributed by atoms with Gasteiger partial charge in [-0.1, -0.05) is 6.92 Å². The van der Waals surface area contributed by atoms with Gasteiger partial charge in [-0.05, 0) is 19.4 Å². The molecule has 15 heavy (non-hydrogen) atoms. The number of nitrogens with two attached hydrogens (primary N) is 1. The predicted molar refractivity (Wildman–Crippen MR) is 60.2 cm³/mol. The third-order valence-corrected chi connectivity index (χ3v) is 2.46. The van der Waals surface area contributed by atoms with Crippen molar-refractivity contribution in [1.82, 2.24) is 4.57 Å². The van der Waals surface area contributed by atoms with Crippen LogP contribution in [0.2, 0.25) is 0 Å². The van der Waals surface area contributed by atoms with Crippen molar-refractivity contribution in [2.45, 2.75) is 26.3 Å². The lowest BCUT2D eigenvalue weighted by molar-refractivity contribution is 0.284. The summed E-state index contributed by atoms with van der Waals surface area (Å²) in [7, 11) is 1.74. The second-order valence-corrected chi connectivity index (χ2v) is 3.71. The van der Waals surface area contributed by atoms with E-state index in [2.05, 4.69) is 0 Å². The van der Waals surface area contributed by atoms with Gasteiger partial charge < -0.3 is 15.0 Å². The summed E-state index contributed by atoms with van der Waals surface area (Å²) in [5, 5.41) is 0. The Morgan fingerprint density at radius 3 is 2.73 bits per heavy atom. The van der Waals surface area contributed by atoms with Gasteiger partial charge in [-0.3, -0.25) is 4.79 Å². The van der Waals surface area contributed by atoms with Crippen molar-refractivity contribution in [1.29, 1.82) is 0 Å². The van der Waals surface area contributed by atoms with Crippen molar-refractivity contribution >= 4 is 0 Å². The van der Waals surface area contributed by atoms with E-state index in [9.17, 15) is 4.79 Å². The Morgan fingerprint density at radius 2 is 2.20 bits per heavy atom. The van der Waals surface area contributed by atoms with Gasteiger partial charge in [0, 0.05) is 24.8 Å². The Bertz CT molecular complexity index is 385. The Hall–Kier alpha value is -1.29. The first kappa shape index (κ1) is 11.8. The topological polar surface area (TPSA) is 57.2 Å². The van der Waals surface area contributed by atoms with Gasteiger partial charge in [-0.2, -0.15) is 0 Å². The number of pyridine rings is 1. The van der Waals surface area contributed by atoms with Gasteiger partial charge in [0.05, 0.1) is 0 Å². The van der Waals surface area contributed by atoms with Crippen molar-refractivity contribution in [2.75, 3.05) is 6.61 Å². The summed E-state index contributed by atoms with van der Waals surface area (Å²) in [5.74, 6) is 0.597. The zero-order valence-corrected chi connectivity index (χ0v) is 9.49. The molecule has 1 unspecified atom stereocenters. The smallest absolute Gasteiger partial charge is 0.254 e. The summed E-state index contributed by atoms with van der Waals surface area (Å²) in [6.07, 6.45) is 0.865. The van der Waals surface area contributed by atoms with Crippen molar-refractivity contribution in [3.63, 3.8) is 0 Å². The third kappa shape index (κ3) is 3.09. The molecular formula is C11H18N2O2. The SMILES string of the molecule is CCC(N)COc1cc(C)n(C)c(=O)c1. The van der Waals surface area contributed by atoms with Gasteiger partial charge >= 0.3 is 0 Å². The Balaban J connectivity index is 2.75. The van der Waals surface area contributed by atoms with Gasteiger partial charge in [0.25, 0.3) is 5.56 Å². The second kappa shape index (κ2) is 4.98. The van der Waals surface area contributed by atoms with Crippen molar-refractivity contribution in [3.8, 4) is 5.75 Å². The maximum Gasteiger partial charge on any atom is 0.254 e. The van der Waals surface area contributed by atoms with Gasteiger partial charge in [-0.15, -0.1) is 0 Å². The lowest BCUT2D eigenvalue weighted by Gasteiger charge is -2.12. The molecular weight excluding hydrogens is 192 g/mol. The van der Waals surface area contributed by atoms with Crippen LogP contribution < -0.4 is 16.0 Å². The molecule has 84 valence electrons. The molecule has 2 N–H and O–H groups in total. The van der Waals surface area contributed by atoms with Gasteiger partial charge in [0.2, 0.25) is 0 Å². The molecule has 1 aromatic heterocycles. The molecule has 0 saturated heterocycles. The molecule has 1 atom stereocenters. The molecule has 0 spiro atoms. The quantitative estimate of drug-likeness (QED) is 0.800. The minimum atomic E-state index is -0.0601. The van der Waals surface area contributed by atoms with E-state index >= 15 is 0 Å². The molecule has 1 aromatic rings. The first-order valence-corrected chi connectivity index (χ1v) is 5.10. The van der Waals surface area contributed by atoms with Crippen LogP contribution in [-0.2, 0) is 7.05 Å². The number of aryl methyl sites for hydroxylation is 1. The van der Waals surface area contributed by atoms with E-state index in [0.717, 1.165) is 12.1 Å². The summed E-state index contributed by atoms with van der Waals surface area (Å²) in [5.41, 5.74) is 6.54. The maximum absolute atomic E-state index is 11.4. The maximum atomic E-state index is 11.4. The highest BCUT2D eigenvalue weighted by atomic mass is 16.5. The number of nitrogens with zero attached hydrogens (tertiary/aromatic N) is 1. The number of hydrogen-bond acceptors (Lipinski definition) is 3. The number of hydrogen-bond donors (Lipinski definition) is 1. The average Bonchev–Trinajstić information content (AvgIpc) is 2.22. The summed E-state index contributed by atoms with van der Waals surface area (Å²) in [4.78, 5) is 11.4. The van der Waals surface area contributed by atoms with Crippen molar-refractivity contribution < 1.29 is 4.74 Å². The van der Waals surface area contributed by atoms with Crippen LogP contribution in [0.15, 0.2) is 16.9 Å². The minimum Gasteiger partial charge on any atom is -0.492 e. The summed E-state index contributed by atoms with van der Waals surface area (Å²) < 4.78 is 7.01. The van der Waals surface area contributed by atoms with Crippen LogP contribution in [0.4, 0.5) is 0 Å². The Kier molecular flexibility index (Phi) is 3.91. The minimum absolute atomic E-state index is 0.0226. The average molecular weight is 210 g/mol. The molecule has 4 heteroatoms. The number of aromatic nitrogens is 1. The van der Waals surface area contributed by atoms with E-state index in [4.69, 9.17) is 10.5 Å². The van der Waals surface area contributed by atoms with E-state index in [1.54, 1.807) is 11.6 Å². The molecule has 1 heterocycles. The molecule has 4 nitrogen and oxygen atoms in total. The van der Waals surface area contributed by atoms with E-state index in [1.807, 2.05) is 19.9 Å². The fourth-order valence-corrected chi connectivity index (χ4v) is 1.14. The highest BCUT2D eigenvalue weighted by molar-refractivity contribution is 5.23. The van der Waals surface area contributed by atoms with Crippen LogP contribution in [0.25, 0.3) is 0 Å². The standard InChI is InChI=1S/C11H18N2O2/c1-4-9(12)7-15-10-5-8(2)13(3)11(14)6-10/h5-6,9H,4,7,12H2,1-3H3. The zero-order valence-electron chi connectivity index (χ0n) is 9.49. The van der Waals surface area contributed by atoms with Crippen molar-refractivity contribution in [2.24, 2.45) is 12.8 Å².